The molecule has 0 saturated carbocycles. The molecule has 0 aromatic heterocycles. The largest absolute Gasteiger partial charge is 0.682 e. The van der Waals surface area contributed by atoms with Crippen LogP contribution in [0.25, 0.3) is 0 Å². The summed E-state index contributed by atoms with van der Waals surface area (Å²) < 4.78 is 16.2. The molecule has 1 unspecified atom stereocenters. The molecule has 0 heterocycles. The van der Waals surface area contributed by atoms with E-state index in [2.05, 4.69) is 20.8 Å². The van der Waals surface area contributed by atoms with E-state index in [1.807, 2.05) is 0 Å². The predicted octanol–water partition coefficient (Wildman–Crippen LogP) is 3.83. The van der Waals surface area contributed by atoms with E-state index < -0.39 is 16.6 Å². The summed E-state index contributed by atoms with van der Waals surface area (Å²) in [5, 5.41) is 0. The van der Waals surface area contributed by atoms with E-state index in [1.54, 1.807) is 0 Å². The van der Waals surface area contributed by atoms with Gasteiger partial charge in [-0.05, 0) is 18.1 Å². The Kier molecular flexibility index (Phi) is 7.65. The first-order valence-electron chi connectivity index (χ1n) is 5.45. The molecule has 0 aliphatic rings. The van der Waals surface area contributed by atoms with Crippen molar-refractivity contribution in [1.29, 1.82) is 0 Å². The molecular formula is C9H22O3PSi+. The maximum absolute atomic E-state index is 10.8. The van der Waals surface area contributed by atoms with Gasteiger partial charge in [-0.1, -0.05) is 40.0 Å². The molecule has 0 aliphatic carbocycles. The number of hydrogen-bond acceptors (Lipinski definition) is 2. The van der Waals surface area contributed by atoms with Crippen molar-refractivity contribution in [2.75, 3.05) is 0 Å². The molecule has 0 aromatic carbocycles. The van der Waals surface area contributed by atoms with E-state index in [0.29, 0.717) is 0 Å². The van der Waals surface area contributed by atoms with Gasteiger partial charge in [0.15, 0.2) is 0 Å². The van der Waals surface area contributed by atoms with Gasteiger partial charge in [0, 0.05) is 4.57 Å². The van der Waals surface area contributed by atoms with Gasteiger partial charge in [0.1, 0.15) is 0 Å². The summed E-state index contributed by atoms with van der Waals surface area (Å²) in [6.07, 6.45) is 3.15. The minimum atomic E-state index is -2.41. The van der Waals surface area contributed by atoms with Gasteiger partial charge in [-0.15, -0.1) is 4.89 Å². The Morgan fingerprint density at radius 2 is 1.43 bits per heavy atom. The highest BCUT2D eigenvalue weighted by Gasteiger charge is 2.41. The summed E-state index contributed by atoms with van der Waals surface area (Å²) in [6.45, 7) is 6.34. The number of rotatable bonds is 8. The van der Waals surface area contributed by atoms with Crippen LogP contribution in [0.2, 0.25) is 18.1 Å². The monoisotopic (exact) mass is 237 g/mol. The van der Waals surface area contributed by atoms with Crippen LogP contribution in [0.5, 0.6) is 0 Å². The first-order chi connectivity index (χ1) is 6.60. The fourth-order valence-corrected chi connectivity index (χ4v) is 7.95. The number of hydrogen-bond donors (Lipinski definition) is 1. The summed E-state index contributed by atoms with van der Waals surface area (Å²) in [4.78, 5) is 8.89. The molecule has 0 saturated heterocycles. The zero-order valence-corrected chi connectivity index (χ0v) is 11.3. The first kappa shape index (κ1) is 14.2. The first-order valence-corrected chi connectivity index (χ1v) is 9.11. The Hall–Kier alpha value is 0.237. The molecule has 0 aromatic rings. The van der Waals surface area contributed by atoms with E-state index in [0.717, 1.165) is 37.4 Å². The molecule has 0 fully saturated rings. The van der Waals surface area contributed by atoms with Crippen molar-refractivity contribution in [2.45, 2.75) is 58.2 Å². The van der Waals surface area contributed by atoms with Crippen LogP contribution < -0.4 is 0 Å². The zero-order chi connectivity index (χ0) is 11.0. The standard InChI is InChI=1S/C9H21O3PSi/c1-4-7-14(8-5-2,9-6-3)12-13(10)11/h4-9H2,1-3H3/p+1. The minimum Gasteiger partial charge on any atom is -0.175 e. The maximum atomic E-state index is 10.8. The highest BCUT2D eigenvalue weighted by Crippen LogP contribution is 2.34. The molecule has 0 bridgehead atoms. The average molecular weight is 237 g/mol. The van der Waals surface area contributed by atoms with E-state index in [-0.39, 0.29) is 0 Å². The Bertz CT molecular complexity index is 158. The molecule has 0 spiro atoms. The van der Waals surface area contributed by atoms with Crippen molar-refractivity contribution >= 4 is 16.6 Å². The van der Waals surface area contributed by atoms with Gasteiger partial charge in [-0.2, -0.15) is 4.21 Å². The summed E-state index contributed by atoms with van der Waals surface area (Å²) in [5.41, 5.74) is 0. The Labute approximate surface area is 88.9 Å². The molecule has 0 rings (SSSR count). The SMILES string of the molecule is CCC[Si](CCC)(CCC)O[P+](=O)O. The Morgan fingerprint density at radius 3 is 1.64 bits per heavy atom. The zero-order valence-electron chi connectivity index (χ0n) is 9.45. The molecule has 5 heteroatoms. The highest BCUT2D eigenvalue weighted by atomic mass is 31.1. The highest BCUT2D eigenvalue weighted by molar-refractivity contribution is 7.34. The van der Waals surface area contributed by atoms with Gasteiger partial charge in [0.2, 0.25) is 0 Å². The van der Waals surface area contributed by atoms with E-state index in [1.165, 1.54) is 0 Å². The van der Waals surface area contributed by atoms with E-state index >= 15 is 0 Å². The second-order valence-electron chi connectivity index (χ2n) is 3.76. The Morgan fingerprint density at radius 1 is 1.07 bits per heavy atom. The lowest BCUT2D eigenvalue weighted by atomic mass is 10.6. The van der Waals surface area contributed by atoms with Gasteiger partial charge >= 0.3 is 8.25 Å². The van der Waals surface area contributed by atoms with Crippen molar-refractivity contribution in [3.05, 3.63) is 0 Å². The molecule has 1 atom stereocenters. The van der Waals surface area contributed by atoms with Gasteiger partial charge in [0.05, 0.1) is 0 Å². The molecule has 0 amide bonds. The summed E-state index contributed by atoms with van der Waals surface area (Å²) >= 11 is 0. The quantitative estimate of drug-likeness (QED) is 0.515. The van der Waals surface area contributed by atoms with Gasteiger partial charge in [-0.25, -0.2) is 0 Å². The lowest BCUT2D eigenvalue weighted by molar-refractivity contribution is 0.399. The van der Waals surface area contributed by atoms with Gasteiger partial charge < -0.3 is 0 Å². The molecule has 0 aliphatic heterocycles. The van der Waals surface area contributed by atoms with Crippen LogP contribution in [0.1, 0.15) is 40.0 Å². The molecule has 3 nitrogen and oxygen atoms in total. The third-order valence-corrected chi connectivity index (χ3v) is 8.80. The smallest absolute Gasteiger partial charge is 0.175 e. The minimum absolute atomic E-state index is 1.01. The predicted molar refractivity (Wildman–Crippen MR) is 62.0 cm³/mol. The molecular weight excluding hydrogens is 215 g/mol. The van der Waals surface area contributed by atoms with E-state index in [4.69, 9.17) is 9.11 Å². The maximum Gasteiger partial charge on any atom is 0.682 e. The van der Waals surface area contributed by atoms with Crippen LogP contribution >= 0.6 is 8.25 Å². The van der Waals surface area contributed by atoms with Crippen LogP contribution in [0.3, 0.4) is 0 Å². The topological polar surface area (TPSA) is 46.5 Å². The molecule has 84 valence electrons. The summed E-state index contributed by atoms with van der Waals surface area (Å²) in [6, 6.07) is 3.03. The summed E-state index contributed by atoms with van der Waals surface area (Å²) in [5.74, 6) is 0. The van der Waals surface area contributed by atoms with Crippen LogP contribution in [0, 0.1) is 0 Å². The summed E-state index contributed by atoms with van der Waals surface area (Å²) in [7, 11) is -4.30. The Balaban J connectivity index is 4.45. The van der Waals surface area contributed by atoms with Crippen LogP contribution in [-0.2, 0) is 8.78 Å². The third-order valence-electron chi connectivity index (χ3n) is 2.39. The fraction of sp³-hybridized carbons (Fsp3) is 1.00. The molecule has 0 radical (unpaired) electrons. The normalized spacial score (nSPS) is 13.0. The van der Waals surface area contributed by atoms with Crippen molar-refractivity contribution in [1.82, 2.24) is 0 Å². The van der Waals surface area contributed by atoms with Gasteiger partial charge in [0.25, 0.3) is 8.32 Å². The lowest BCUT2D eigenvalue weighted by Gasteiger charge is -2.22. The van der Waals surface area contributed by atoms with Crippen LogP contribution in [0.4, 0.5) is 0 Å². The van der Waals surface area contributed by atoms with Crippen LogP contribution in [-0.4, -0.2) is 13.2 Å². The van der Waals surface area contributed by atoms with Crippen molar-refractivity contribution in [3.63, 3.8) is 0 Å². The average Bonchev–Trinajstić information content (AvgIpc) is 2.03. The van der Waals surface area contributed by atoms with Crippen molar-refractivity contribution < 1.29 is 13.7 Å². The lowest BCUT2D eigenvalue weighted by Crippen LogP contribution is -2.35. The van der Waals surface area contributed by atoms with Gasteiger partial charge in [-0.3, -0.25) is 0 Å². The van der Waals surface area contributed by atoms with Crippen molar-refractivity contribution in [3.8, 4) is 0 Å². The van der Waals surface area contributed by atoms with Crippen LogP contribution in [0.15, 0.2) is 0 Å². The molecule has 14 heavy (non-hydrogen) atoms. The fourth-order valence-electron chi connectivity index (χ4n) is 2.04. The van der Waals surface area contributed by atoms with Crippen molar-refractivity contribution in [2.24, 2.45) is 0 Å². The second kappa shape index (κ2) is 7.52. The third kappa shape index (κ3) is 5.20. The second-order valence-corrected chi connectivity index (χ2v) is 8.83. The molecule has 1 N–H and O–H groups in total. The van der Waals surface area contributed by atoms with E-state index in [9.17, 15) is 4.57 Å².